The van der Waals surface area contributed by atoms with Gasteiger partial charge in [-0.15, -0.1) is 0 Å². The van der Waals surface area contributed by atoms with E-state index in [-0.39, 0.29) is 12.5 Å². The van der Waals surface area contributed by atoms with Gasteiger partial charge in [-0.05, 0) is 16.7 Å². The SMILES string of the molecule is O=C(c1cnc(-c2ccccc2)cn1)N1Cc2ccc(CO)cc2C1. The lowest BCUT2D eigenvalue weighted by Gasteiger charge is -2.14. The number of carbonyl (C=O) groups is 1. The molecule has 5 nitrogen and oxygen atoms in total. The van der Waals surface area contributed by atoms with Crippen LogP contribution < -0.4 is 0 Å². The molecular weight excluding hydrogens is 314 g/mol. The Labute approximate surface area is 145 Å². The minimum atomic E-state index is -0.131. The van der Waals surface area contributed by atoms with Crippen LogP contribution in [0.1, 0.15) is 27.2 Å². The van der Waals surface area contributed by atoms with Crippen molar-refractivity contribution in [1.29, 1.82) is 0 Å². The molecule has 5 heteroatoms. The van der Waals surface area contributed by atoms with E-state index < -0.39 is 0 Å². The van der Waals surface area contributed by atoms with Gasteiger partial charge in [0.15, 0.2) is 0 Å². The quantitative estimate of drug-likeness (QED) is 0.801. The van der Waals surface area contributed by atoms with E-state index >= 15 is 0 Å². The monoisotopic (exact) mass is 331 g/mol. The molecule has 0 fully saturated rings. The molecule has 2 heterocycles. The van der Waals surface area contributed by atoms with Gasteiger partial charge in [0, 0.05) is 18.7 Å². The number of aliphatic hydroxyl groups is 1. The topological polar surface area (TPSA) is 66.3 Å². The number of carbonyl (C=O) groups excluding carboxylic acids is 1. The smallest absolute Gasteiger partial charge is 0.274 e. The Balaban J connectivity index is 1.52. The molecule has 1 N–H and O–H groups in total. The predicted molar refractivity (Wildman–Crippen MR) is 93.4 cm³/mol. The molecule has 0 spiro atoms. The summed E-state index contributed by atoms with van der Waals surface area (Å²) < 4.78 is 0. The molecule has 1 aromatic heterocycles. The average Bonchev–Trinajstić information content (AvgIpc) is 3.11. The number of benzene rings is 2. The largest absolute Gasteiger partial charge is 0.392 e. The molecule has 25 heavy (non-hydrogen) atoms. The second kappa shape index (κ2) is 6.45. The lowest BCUT2D eigenvalue weighted by atomic mass is 10.1. The Morgan fingerprint density at radius 3 is 2.52 bits per heavy atom. The maximum atomic E-state index is 12.7. The second-order valence-corrected chi connectivity index (χ2v) is 6.08. The van der Waals surface area contributed by atoms with Gasteiger partial charge in [0.25, 0.3) is 5.91 Å². The highest BCUT2D eigenvalue weighted by Crippen LogP contribution is 2.25. The highest BCUT2D eigenvalue weighted by atomic mass is 16.3. The van der Waals surface area contributed by atoms with Gasteiger partial charge >= 0.3 is 0 Å². The third kappa shape index (κ3) is 3.02. The zero-order chi connectivity index (χ0) is 17.2. The van der Waals surface area contributed by atoms with Gasteiger partial charge in [0.1, 0.15) is 5.69 Å². The van der Waals surface area contributed by atoms with Gasteiger partial charge < -0.3 is 10.0 Å². The van der Waals surface area contributed by atoms with Crippen molar-refractivity contribution in [3.63, 3.8) is 0 Å². The van der Waals surface area contributed by atoms with Crippen molar-refractivity contribution in [2.45, 2.75) is 19.7 Å². The first-order valence-corrected chi connectivity index (χ1v) is 8.13. The third-order valence-electron chi connectivity index (χ3n) is 4.40. The molecule has 3 aromatic rings. The molecule has 0 aliphatic carbocycles. The van der Waals surface area contributed by atoms with Gasteiger partial charge in [-0.2, -0.15) is 0 Å². The number of hydrogen-bond acceptors (Lipinski definition) is 4. The van der Waals surface area contributed by atoms with Gasteiger partial charge in [0.2, 0.25) is 0 Å². The number of amides is 1. The number of hydrogen-bond donors (Lipinski definition) is 1. The van der Waals surface area contributed by atoms with Gasteiger partial charge in [-0.1, -0.05) is 48.5 Å². The van der Waals surface area contributed by atoms with Crippen LogP contribution >= 0.6 is 0 Å². The van der Waals surface area contributed by atoms with Crippen LogP contribution in [-0.4, -0.2) is 25.9 Å². The summed E-state index contributed by atoms with van der Waals surface area (Å²) in [4.78, 5) is 23.1. The average molecular weight is 331 g/mol. The normalized spacial score (nSPS) is 12.9. The molecule has 1 aliphatic heterocycles. The molecule has 2 aromatic carbocycles. The van der Waals surface area contributed by atoms with Crippen LogP contribution in [-0.2, 0) is 19.7 Å². The first-order chi connectivity index (χ1) is 12.2. The summed E-state index contributed by atoms with van der Waals surface area (Å²) in [5, 5.41) is 9.24. The highest BCUT2D eigenvalue weighted by Gasteiger charge is 2.25. The molecule has 1 aliphatic rings. The van der Waals surface area contributed by atoms with Crippen LogP contribution in [0, 0.1) is 0 Å². The van der Waals surface area contributed by atoms with Crippen LogP contribution in [0.3, 0.4) is 0 Å². The van der Waals surface area contributed by atoms with Crippen molar-refractivity contribution >= 4 is 5.91 Å². The summed E-state index contributed by atoms with van der Waals surface area (Å²) in [6.45, 7) is 1.10. The van der Waals surface area contributed by atoms with Gasteiger partial charge in [-0.25, -0.2) is 4.98 Å². The number of aromatic nitrogens is 2. The summed E-state index contributed by atoms with van der Waals surface area (Å²) in [6, 6.07) is 15.6. The van der Waals surface area contributed by atoms with E-state index in [2.05, 4.69) is 9.97 Å². The Bertz CT molecular complexity index is 908. The molecular formula is C20H17N3O2. The summed E-state index contributed by atoms with van der Waals surface area (Å²) in [5.74, 6) is -0.131. The second-order valence-electron chi connectivity index (χ2n) is 6.08. The van der Waals surface area contributed by atoms with Gasteiger partial charge in [-0.3, -0.25) is 9.78 Å². The van der Waals surface area contributed by atoms with Crippen molar-refractivity contribution in [2.24, 2.45) is 0 Å². The number of aliphatic hydroxyl groups excluding tert-OH is 1. The van der Waals surface area contributed by atoms with Crippen LogP contribution in [0.25, 0.3) is 11.3 Å². The fourth-order valence-electron chi connectivity index (χ4n) is 3.05. The van der Waals surface area contributed by atoms with E-state index in [0.717, 1.165) is 27.9 Å². The fraction of sp³-hybridized carbons (Fsp3) is 0.150. The minimum absolute atomic E-state index is 0.00759. The van der Waals surface area contributed by atoms with Crippen LogP contribution in [0.2, 0.25) is 0 Å². The number of rotatable bonds is 3. The molecule has 1 amide bonds. The van der Waals surface area contributed by atoms with Crippen molar-refractivity contribution in [3.05, 3.63) is 83.3 Å². The van der Waals surface area contributed by atoms with E-state index in [0.29, 0.717) is 18.8 Å². The molecule has 124 valence electrons. The lowest BCUT2D eigenvalue weighted by molar-refractivity contribution is 0.0745. The van der Waals surface area contributed by atoms with E-state index in [1.165, 1.54) is 6.20 Å². The summed E-state index contributed by atoms with van der Waals surface area (Å²) in [6.07, 6.45) is 3.17. The number of nitrogens with zero attached hydrogens (tertiary/aromatic N) is 3. The predicted octanol–water partition coefficient (Wildman–Crippen LogP) is 2.79. The summed E-state index contributed by atoms with van der Waals surface area (Å²) in [5.41, 5.74) is 5.11. The molecule has 0 unspecified atom stereocenters. The zero-order valence-electron chi connectivity index (χ0n) is 13.6. The first kappa shape index (κ1) is 15.5. The standard InChI is InChI=1S/C20H17N3O2/c24-13-14-6-7-16-11-23(12-17(16)8-14)20(25)19-10-21-18(9-22-19)15-4-2-1-3-5-15/h1-10,24H,11-13H2. The van der Waals surface area contributed by atoms with Crippen molar-refractivity contribution in [2.75, 3.05) is 0 Å². The van der Waals surface area contributed by atoms with Crippen LogP contribution in [0.4, 0.5) is 0 Å². The fourth-order valence-corrected chi connectivity index (χ4v) is 3.05. The zero-order valence-corrected chi connectivity index (χ0v) is 13.6. The Morgan fingerprint density at radius 2 is 1.80 bits per heavy atom. The third-order valence-corrected chi connectivity index (χ3v) is 4.40. The Kier molecular flexibility index (Phi) is 3.99. The molecule has 0 bridgehead atoms. The van der Waals surface area contributed by atoms with Gasteiger partial charge in [0.05, 0.1) is 24.7 Å². The Morgan fingerprint density at radius 1 is 1.00 bits per heavy atom. The minimum Gasteiger partial charge on any atom is -0.392 e. The van der Waals surface area contributed by atoms with Crippen LogP contribution in [0.5, 0.6) is 0 Å². The maximum Gasteiger partial charge on any atom is 0.274 e. The van der Waals surface area contributed by atoms with Crippen molar-refractivity contribution in [1.82, 2.24) is 14.9 Å². The number of fused-ring (bicyclic) bond motifs is 1. The maximum absolute atomic E-state index is 12.7. The molecule has 0 saturated heterocycles. The molecule has 0 atom stereocenters. The van der Waals surface area contributed by atoms with E-state index in [9.17, 15) is 9.90 Å². The summed E-state index contributed by atoms with van der Waals surface area (Å²) >= 11 is 0. The van der Waals surface area contributed by atoms with Crippen molar-refractivity contribution in [3.8, 4) is 11.3 Å². The first-order valence-electron chi connectivity index (χ1n) is 8.13. The lowest BCUT2D eigenvalue weighted by Crippen LogP contribution is -2.26. The molecule has 0 radical (unpaired) electrons. The van der Waals surface area contributed by atoms with Crippen LogP contribution in [0.15, 0.2) is 60.9 Å². The van der Waals surface area contributed by atoms with E-state index in [4.69, 9.17) is 0 Å². The molecule has 0 saturated carbocycles. The van der Waals surface area contributed by atoms with E-state index in [1.807, 2.05) is 48.5 Å². The van der Waals surface area contributed by atoms with Crippen molar-refractivity contribution < 1.29 is 9.90 Å². The Hall–Kier alpha value is -3.05. The summed E-state index contributed by atoms with van der Waals surface area (Å²) in [7, 11) is 0. The van der Waals surface area contributed by atoms with E-state index in [1.54, 1.807) is 11.1 Å². The molecule has 4 rings (SSSR count). The highest BCUT2D eigenvalue weighted by molar-refractivity contribution is 5.92.